The van der Waals surface area contributed by atoms with Crippen molar-refractivity contribution in [2.45, 2.75) is 35.5 Å². The fourth-order valence-corrected chi connectivity index (χ4v) is 7.68. The fraction of sp³-hybridized carbons (Fsp3) is 0.500. The summed E-state index contributed by atoms with van der Waals surface area (Å²) in [6, 6.07) is 4.21. The Morgan fingerprint density at radius 3 is 3.05 bits per heavy atom. The van der Waals surface area contributed by atoms with E-state index in [1.807, 2.05) is 30.2 Å². The highest BCUT2D eigenvalue weighted by Crippen LogP contribution is 2.63. The van der Waals surface area contributed by atoms with Crippen LogP contribution in [0.15, 0.2) is 34.3 Å². The standard InChI is InChI=1S/C16H16N2OS2/c19-16-18-15-14(21-16)12(10-2-1-5-17-7-10)11-8-3-4-9(6-8)13(11)20-15/h1-2,5,7-9,11-13H,3-4,6H2,(H,18,19)/t8?,9?,11?,12-,13?/m1/s1. The Morgan fingerprint density at radius 2 is 2.19 bits per heavy atom. The lowest BCUT2D eigenvalue weighted by atomic mass is 9.75. The summed E-state index contributed by atoms with van der Waals surface area (Å²) in [4.78, 5) is 20.6. The van der Waals surface area contributed by atoms with Gasteiger partial charge in [0, 0.05) is 28.4 Å². The van der Waals surface area contributed by atoms with E-state index in [9.17, 15) is 4.79 Å². The van der Waals surface area contributed by atoms with E-state index in [1.54, 1.807) is 0 Å². The Kier molecular flexibility index (Phi) is 2.65. The van der Waals surface area contributed by atoms with Crippen LogP contribution in [-0.2, 0) is 0 Å². The van der Waals surface area contributed by atoms with Gasteiger partial charge in [-0.15, -0.1) is 11.8 Å². The molecule has 2 aromatic heterocycles. The molecule has 4 unspecified atom stereocenters. The molecule has 5 heteroatoms. The Morgan fingerprint density at radius 1 is 1.29 bits per heavy atom. The van der Waals surface area contributed by atoms with Crippen LogP contribution in [0.2, 0.25) is 0 Å². The molecule has 0 radical (unpaired) electrons. The molecular formula is C16H16N2OS2. The molecule has 0 amide bonds. The minimum atomic E-state index is 0.0914. The fourth-order valence-electron chi connectivity index (χ4n) is 4.78. The maximum absolute atomic E-state index is 11.9. The molecule has 1 N–H and O–H groups in total. The molecule has 1 aliphatic heterocycles. The molecule has 2 aromatic rings. The third kappa shape index (κ3) is 1.73. The first-order valence-corrected chi connectivity index (χ1v) is 9.30. The number of nitrogens with zero attached hydrogens (tertiary/aromatic N) is 1. The summed E-state index contributed by atoms with van der Waals surface area (Å²) < 4.78 is 0. The third-order valence-electron chi connectivity index (χ3n) is 5.51. The summed E-state index contributed by atoms with van der Waals surface area (Å²) in [5.41, 5.74) is 1.29. The molecule has 0 spiro atoms. The van der Waals surface area contributed by atoms with Crippen molar-refractivity contribution in [3.63, 3.8) is 0 Å². The first-order chi connectivity index (χ1) is 10.3. The lowest BCUT2D eigenvalue weighted by Gasteiger charge is -2.40. The van der Waals surface area contributed by atoms with E-state index in [-0.39, 0.29) is 4.87 Å². The topological polar surface area (TPSA) is 45.8 Å². The van der Waals surface area contributed by atoms with Crippen molar-refractivity contribution in [1.29, 1.82) is 0 Å². The molecule has 2 saturated carbocycles. The number of rotatable bonds is 1. The second-order valence-electron chi connectivity index (χ2n) is 6.46. The molecular weight excluding hydrogens is 300 g/mol. The Bertz CT molecular complexity index is 738. The van der Waals surface area contributed by atoms with Crippen molar-refractivity contribution in [2.75, 3.05) is 0 Å². The van der Waals surface area contributed by atoms with Crippen LogP contribution in [0.5, 0.6) is 0 Å². The molecule has 2 bridgehead atoms. The second kappa shape index (κ2) is 4.46. The van der Waals surface area contributed by atoms with Crippen molar-refractivity contribution in [3.8, 4) is 0 Å². The highest BCUT2D eigenvalue weighted by atomic mass is 32.2. The summed E-state index contributed by atoms with van der Waals surface area (Å²) in [7, 11) is 0. The van der Waals surface area contributed by atoms with Gasteiger partial charge in [0.05, 0.1) is 5.03 Å². The van der Waals surface area contributed by atoms with Gasteiger partial charge >= 0.3 is 4.87 Å². The highest BCUT2D eigenvalue weighted by Gasteiger charge is 2.54. The molecule has 5 atom stereocenters. The van der Waals surface area contributed by atoms with E-state index in [1.165, 1.54) is 41.0 Å². The quantitative estimate of drug-likeness (QED) is 0.876. The number of nitrogens with one attached hydrogen (secondary N) is 1. The molecule has 5 rings (SSSR count). The van der Waals surface area contributed by atoms with Gasteiger partial charge in [0.25, 0.3) is 0 Å². The first-order valence-electron chi connectivity index (χ1n) is 7.61. The summed E-state index contributed by atoms with van der Waals surface area (Å²) >= 11 is 3.35. The Balaban J connectivity index is 1.70. The molecule has 2 aliphatic carbocycles. The van der Waals surface area contributed by atoms with E-state index in [0.717, 1.165) is 16.9 Å². The average Bonchev–Trinajstić information content (AvgIpc) is 3.18. The minimum Gasteiger partial charge on any atom is -0.307 e. The summed E-state index contributed by atoms with van der Waals surface area (Å²) in [5, 5.41) is 1.82. The van der Waals surface area contributed by atoms with Gasteiger partial charge < -0.3 is 4.98 Å². The SMILES string of the molecule is O=c1[nH]c2c(s1)[C@H](c1cccnc1)C1C3CCC(C3)C1S2. The Hall–Kier alpha value is -1.07. The summed E-state index contributed by atoms with van der Waals surface area (Å²) in [6.07, 6.45) is 7.97. The Labute approximate surface area is 131 Å². The van der Waals surface area contributed by atoms with Gasteiger partial charge in [-0.2, -0.15) is 0 Å². The zero-order valence-electron chi connectivity index (χ0n) is 11.5. The number of pyridine rings is 1. The van der Waals surface area contributed by atoms with Crippen LogP contribution in [-0.4, -0.2) is 15.2 Å². The van der Waals surface area contributed by atoms with E-state index >= 15 is 0 Å². The lowest BCUT2D eigenvalue weighted by molar-refractivity contribution is 0.307. The largest absolute Gasteiger partial charge is 0.307 e. The zero-order chi connectivity index (χ0) is 14.0. The van der Waals surface area contributed by atoms with Crippen molar-refractivity contribution in [1.82, 2.24) is 9.97 Å². The normalized spacial score (nSPS) is 36.5. The highest BCUT2D eigenvalue weighted by molar-refractivity contribution is 8.00. The monoisotopic (exact) mass is 316 g/mol. The van der Waals surface area contributed by atoms with Gasteiger partial charge in [0.1, 0.15) is 0 Å². The van der Waals surface area contributed by atoms with Crippen molar-refractivity contribution < 1.29 is 0 Å². The maximum Gasteiger partial charge on any atom is 0.305 e. The van der Waals surface area contributed by atoms with Crippen molar-refractivity contribution >= 4 is 23.1 Å². The summed E-state index contributed by atoms with van der Waals surface area (Å²) in [6.45, 7) is 0. The van der Waals surface area contributed by atoms with Gasteiger partial charge in [-0.05, 0) is 48.6 Å². The summed E-state index contributed by atoms with van der Waals surface area (Å²) in [5.74, 6) is 2.75. The van der Waals surface area contributed by atoms with E-state index in [4.69, 9.17) is 0 Å². The molecule has 108 valence electrons. The number of thioether (sulfide) groups is 1. The van der Waals surface area contributed by atoms with Crippen LogP contribution >= 0.6 is 23.1 Å². The number of hydrogen-bond donors (Lipinski definition) is 1. The predicted octanol–water partition coefficient (Wildman–Crippen LogP) is 3.48. The van der Waals surface area contributed by atoms with Gasteiger partial charge in [0.15, 0.2) is 0 Å². The van der Waals surface area contributed by atoms with Gasteiger partial charge in [0.2, 0.25) is 0 Å². The number of hydrogen-bond acceptors (Lipinski definition) is 4. The number of aromatic nitrogens is 2. The predicted molar refractivity (Wildman–Crippen MR) is 85.0 cm³/mol. The number of thiazole rings is 1. The van der Waals surface area contributed by atoms with Crippen LogP contribution in [0.25, 0.3) is 0 Å². The molecule has 3 nitrogen and oxygen atoms in total. The molecule has 3 heterocycles. The van der Waals surface area contributed by atoms with E-state index in [0.29, 0.717) is 17.1 Å². The maximum atomic E-state index is 11.9. The second-order valence-corrected chi connectivity index (χ2v) is 8.67. The van der Waals surface area contributed by atoms with Gasteiger partial charge in [-0.1, -0.05) is 17.4 Å². The third-order valence-corrected chi connectivity index (χ3v) is 8.13. The molecule has 2 fully saturated rings. The lowest BCUT2D eigenvalue weighted by Crippen LogP contribution is -2.33. The van der Waals surface area contributed by atoms with Gasteiger partial charge in [-0.25, -0.2) is 0 Å². The van der Waals surface area contributed by atoms with Crippen molar-refractivity contribution in [3.05, 3.63) is 44.6 Å². The molecule has 0 saturated heterocycles. The van der Waals surface area contributed by atoms with E-state index in [2.05, 4.69) is 16.0 Å². The molecule has 0 aromatic carbocycles. The molecule has 21 heavy (non-hydrogen) atoms. The number of H-pyrrole nitrogens is 1. The van der Waals surface area contributed by atoms with Crippen molar-refractivity contribution in [2.24, 2.45) is 17.8 Å². The smallest absolute Gasteiger partial charge is 0.305 e. The first kappa shape index (κ1) is 12.5. The number of aromatic amines is 1. The van der Waals surface area contributed by atoms with Gasteiger partial charge in [-0.3, -0.25) is 9.78 Å². The average molecular weight is 316 g/mol. The number of fused-ring (bicyclic) bond motifs is 6. The zero-order valence-corrected chi connectivity index (χ0v) is 13.1. The van der Waals surface area contributed by atoms with Crippen LogP contribution in [0.1, 0.15) is 35.6 Å². The van der Waals surface area contributed by atoms with Crippen LogP contribution in [0.3, 0.4) is 0 Å². The van der Waals surface area contributed by atoms with Crippen LogP contribution in [0, 0.1) is 17.8 Å². The molecule has 3 aliphatic rings. The minimum absolute atomic E-state index is 0.0914. The van der Waals surface area contributed by atoms with Crippen LogP contribution < -0.4 is 4.87 Å². The van der Waals surface area contributed by atoms with E-state index < -0.39 is 0 Å². The van der Waals surface area contributed by atoms with Crippen LogP contribution in [0.4, 0.5) is 0 Å².